The van der Waals surface area contributed by atoms with Crippen LogP contribution in [0.3, 0.4) is 0 Å². The molecule has 21 heavy (non-hydrogen) atoms. The highest BCUT2D eigenvalue weighted by molar-refractivity contribution is 5.78. The molecule has 0 amide bonds. The van der Waals surface area contributed by atoms with E-state index < -0.39 is 0 Å². The topological polar surface area (TPSA) is 90.9 Å². The number of aliphatic hydroxyl groups is 1. The summed E-state index contributed by atoms with van der Waals surface area (Å²) in [5, 5.41) is 9.18. The molecule has 108 valence electrons. The molecule has 1 N–H and O–H groups in total. The molecule has 0 aromatic carbocycles. The van der Waals surface area contributed by atoms with Crippen LogP contribution in [0.1, 0.15) is 19.1 Å². The molecule has 1 aliphatic heterocycles. The Morgan fingerprint density at radius 1 is 1.24 bits per heavy atom. The fraction of sp³-hybridized carbons (Fsp3) is 0.385. The minimum Gasteiger partial charge on any atom is -0.394 e. The molecule has 2 atom stereocenters. The largest absolute Gasteiger partial charge is 0.394 e. The fourth-order valence-electron chi connectivity index (χ4n) is 2.65. The third-order valence-electron chi connectivity index (χ3n) is 3.69. The molecule has 2 unspecified atom stereocenters. The number of imidazole rings is 2. The van der Waals surface area contributed by atoms with E-state index in [0.29, 0.717) is 11.3 Å². The second kappa shape index (κ2) is 4.90. The van der Waals surface area contributed by atoms with Crippen LogP contribution in [0.15, 0.2) is 31.4 Å². The fourth-order valence-corrected chi connectivity index (χ4v) is 2.65. The zero-order valence-corrected chi connectivity index (χ0v) is 11.2. The number of nitrogens with zero attached hydrogens (tertiary/aromatic N) is 6. The summed E-state index contributed by atoms with van der Waals surface area (Å²) < 4.78 is 9.48. The first-order valence-corrected chi connectivity index (χ1v) is 6.79. The summed E-state index contributed by atoms with van der Waals surface area (Å²) in [7, 11) is 0. The van der Waals surface area contributed by atoms with Crippen molar-refractivity contribution in [1.29, 1.82) is 0 Å². The SMILES string of the molecule is OCC1CCC(n2cnc3c(-n4ccnc4)ncnc32)O1. The summed E-state index contributed by atoms with van der Waals surface area (Å²) in [4.78, 5) is 17.0. The highest BCUT2D eigenvalue weighted by atomic mass is 16.5. The van der Waals surface area contributed by atoms with Crippen molar-refractivity contribution < 1.29 is 9.84 Å². The number of ether oxygens (including phenoxy) is 1. The minimum absolute atomic E-state index is 0.0401. The van der Waals surface area contributed by atoms with Crippen LogP contribution in [0.2, 0.25) is 0 Å². The minimum atomic E-state index is -0.141. The highest BCUT2D eigenvalue weighted by Crippen LogP contribution is 2.30. The normalized spacial score (nSPS) is 22.1. The molecule has 1 aliphatic rings. The van der Waals surface area contributed by atoms with E-state index >= 15 is 0 Å². The van der Waals surface area contributed by atoms with Crippen LogP contribution in [0.25, 0.3) is 17.0 Å². The van der Waals surface area contributed by atoms with Gasteiger partial charge in [-0.2, -0.15) is 0 Å². The van der Waals surface area contributed by atoms with Gasteiger partial charge in [0.25, 0.3) is 0 Å². The van der Waals surface area contributed by atoms with E-state index in [1.165, 1.54) is 6.33 Å². The maximum Gasteiger partial charge on any atom is 0.169 e. The Morgan fingerprint density at radius 3 is 2.95 bits per heavy atom. The van der Waals surface area contributed by atoms with Crippen LogP contribution in [0, 0.1) is 0 Å². The van der Waals surface area contributed by atoms with Crippen LogP contribution < -0.4 is 0 Å². The van der Waals surface area contributed by atoms with Gasteiger partial charge < -0.3 is 9.84 Å². The number of hydrogen-bond acceptors (Lipinski definition) is 6. The highest BCUT2D eigenvalue weighted by Gasteiger charge is 2.27. The predicted octanol–water partition coefficient (Wildman–Crippen LogP) is 0.682. The third kappa shape index (κ3) is 1.99. The van der Waals surface area contributed by atoms with Gasteiger partial charge in [0.15, 0.2) is 17.0 Å². The summed E-state index contributed by atoms with van der Waals surface area (Å²) in [6.07, 6.45) is 9.82. The number of aliphatic hydroxyl groups excluding tert-OH is 1. The Labute approximate surface area is 120 Å². The van der Waals surface area contributed by atoms with Crippen molar-refractivity contribution in [3.05, 3.63) is 31.4 Å². The number of rotatable bonds is 3. The number of aromatic nitrogens is 6. The van der Waals surface area contributed by atoms with E-state index in [2.05, 4.69) is 19.9 Å². The van der Waals surface area contributed by atoms with Crippen LogP contribution in [-0.4, -0.2) is 46.9 Å². The molecular formula is C13H14N6O2. The van der Waals surface area contributed by atoms with E-state index in [-0.39, 0.29) is 18.9 Å². The lowest BCUT2D eigenvalue weighted by molar-refractivity contribution is -0.0207. The van der Waals surface area contributed by atoms with Gasteiger partial charge in [-0.15, -0.1) is 0 Å². The average Bonchev–Trinajstić information content (AvgIpc) is 3.25. The molecule has 0 aliphatic carbocycles. The molecule has 0 spiro atoms. The molecule has 4 heterocycles. The standard InChI is InChI=1S/C13H14N6O2/c20-5-9-1-2-10(21-9)19-8-17-11-12(15-6-16-13(11)19)18-4-3-14-7-18/h3-4,6-10,20H,1-2,5H2. The van der Waals surface area contributed by atoms with Gasteiger partial charge in [-0.3, -0.25) is 9.13 Å². The zero-order valence-electron chi connectivity index (χ0n) is 11.2. The molecule has 0 bridgehead atoms. The molecule has 4 rings (SSSR count). The average molecular weight is 286 g/mol. The summed E-state index contributed by atoms with van der Waals surface area (Å²) in [6, 6.07) is 0. The van der Waals surface area contributed by atoms with Gasteiger partial charge in [0.1, 0.15) is 18.9 Å². The molecule has 3 aromatic heterocycles. The van der Waals surface area contributed by atoms with E-state index in [1.807, 2.05) is 10.8 Å². The number of fused-ring (bicyclic) bond motifs is 1. The second-order valence-corrected chi connectivity index (χ2v) is 4.96. The molecule has 1 saturated heterocycles. The lowest BCUT2D eigenvalue weighted by atomic mass is 10.2. The van der Waals surface area contributed by atoms with Gasteiger partial charge in [-0.05, 0) is 12.8 Å². The van der Waals surface area contributed by atoms with Crippen LogP contribution >= 0.6 is 0 Å². The monoisotopic (exact) mass is 286 g/mol. The Hall–Kier alpha value is -2.32. The van der Waals surface area contributed by atoms with Gasteiger partial charge in [0.2, 0.25) is 0 Å². The van der Waals surface area contributed by atoms with Crippen molar-refractivity contribution in [2.75, 3.05) is 6.61 Å². The van der Waals surface area contributed by atoms with Crippen LogP contribution in [0.5, 0.6) is 0 Å². The molecule has 3 aromatic rings. The molecule has 1 fully saturated rings. The Balaban J connectivity index is 1.78. The van der Waals surface area contributed by atoms with Crippen molar-refractivity contribution in [1.82, 2.24) is 29.1 Å². The van der Waals surface area contributed by atoms with Crippen LogP contribution in [0.4, 0.5) is 0 Å². The summed E-state index contributed by atoms with van der Waals surface area (Å²) in [5.41, 5.74) is 1.42. The zero-order chi connectivity index (χ0) is 14.2. The first-order valence-electron chi connectivity index (χ1n) is 6.79. The predicted molar refractivity (Wildman–Crippen MR) is 72.7 cm³/mol. The smallest absolute Gasteiger partial charge is 0.169 e. The molecule has 0 radical (unpaired) electrons. The Kier molecular flexibility index (Phi) is 2.90. The Bertz CT molecular complexity index is 753. The first kappa shape index (κ1) is 12.4. The van der Waals surface area contributed by atoms with Crippen molar-refractivity contribution in [2.45, 2.75) is 25.2 Å². The Morgan fingerprint density at radius 2 is 2.19 bits per heavy atom. The van der Waals surface area contributed by atoms with Gasteiger partial charge in [-0.1, -0.05) is 0 Å². The van der Waals surface area contributed by atoms with Gasteiger partial charge in [-0.25, -0.2) is 19.9 Å². The van der Waals surface area contributed by atoms with Crippen molar-refractivity contribution >= 4 is 11.2 Å². The summed E-state index contributed by atoms with van der Waals surface area (Å²) in [5.74, 6) is 0.688. The van der Waals surface area contributed by atoms with E-state index in [9.17, 15) is 5.11 Å². The second-order valence-electron chi connectivity index (χ2n) is 4.96. The first-order chi connectivity index (χ1) is 10.4. The molecular weight excluding hydrogens is 272 g/mol. The lowest BCUT2D eigenvalue weighted by Crippen LogP contribution is -2.14. The molecule has 0 saturated carbocycles. The van der Waals surface area contributed by atoms with Gasteiger partial charge in [0.05, 0.1) is 19.0 Å². The molecule has 8 nitrogen and oxygen atoms in total. The van der Waals surface area contributed by atoms with E-state index in [4.69, 9.17) is 4.74 Å². The maximum atomic E-state index is 9.18. The lowest BCUT2D eigenvalue weighted by Gasteiger charge is -2.13. The number of hydrogen-bond donors (Lipinski definition) is 1. The van der Waals surface area contributed by atoms with Crippen molar-refractivity contribution in [3.8, 4) is 5.82 Å². The maximum absolute atomic E-state index is 9.18. The third-order valence-corrected chi connectivity index (χ3v) is 3.69. The summed E-state index contributed by atoms with van der Waals surface area (Å²) >= 11 is 0. The van der Waals surface area contributed by atoms with Gasteiger partial charge in [0, 0.05) is 12.4 Å². The summed E-state index contributed by atoms with van der Waals surface area (Å²) in [6.45, 7) is 0.0401. The van der Waals surface area contributed by atoms with Crippen LogP contribution in [-0.2, 0) is 4.74 Å². The molecule has 8 heteroatoms. The van der Waals surface area contributed by atoms with E-state index in [0.717, 1.165) is 18.5 Å². The van der Waals surface area contributed by atoms with E-state index in [1.54, 1.807) is 23.4 Å². The van der Waals surface area contributed by atoms with Crippen molar-refractivity contribution in [3.63, 3.8) is 0 Å². The van der Waals surface area contributed by atoms with Gasteiger partial charge >= 0.3 is 0 Å². The van der Waals surface area contributed by atoms with Crippen molar-refractivity contribution in [2.24, 2.45) is 0 Å². The quantitative estimate of drug-likeness (QED) is 0.761.